The van der Waals surface area contributed by atoms with E-state index in [4.69, 9.17) is 9.47 Å². The van der Waals surface area contributed by atoms with Crippen LogP contribution >= 0.6 is 0 Å². The minimum Gasteiger partial charge on any atom is -0.494 e. The number of rotatable bonds is 5. The van der Waals surface area contributed by atoms with Crippen molar-refractivity contribution >= 4 is 16.9 Å². The van der Waals surface area contributed by atoms with Crippen LogP contribution in [0.15, 0.2) is 71.5 Å². The van der Waals surface area contributed by atoms with Crippen LogP contribution in [-0.4, -0.2) is 23.2 Å². The average molecular weight is 405 g/mol. The Kier molecular flexibility index (Phi) is 4.93. The molecule has 6 nitrogen and oxygen atoms in total. The summed E-state index contributed by atoms with van der Waals surface area (Å²) in [6.07, 6.45) is 0. The molecule has 1 heterocycles. The van der Waals surface area contributed by atoms with Crippen LogP contribution in [0, 0.1) is 5.82 Å². The molecule has 0 saturated carbocycles. The Bertz CT molecular complexity index is 1310. The largest absolute Gasteiger partial charge is 0.494 e. The summed E-state index contributed by atoms with van der Waals surface area (Å²) in [5.41, 5.74) is -0.492. The van der Waals surface area contributed by atoms with Crippen molar-refractivity contribution in [1.29, 1.82) is 0 Å². The summed E-state index contributed by atoms with van der Waals surface area (Å²) in [5, 5.41) is 9.59. The Hall–Kier alpha value is -4.13. The summed E-state index contributed by atoms with van der Waals surface area (Å²) < 4.78 is 24.8. The molecule has 0 radical (unpaired) electrons. The maximum absolute atomic E-state index is 14.1. The number of aromatic carboxylic acids is 1. The number of para-hydroxylation sites is 1. The van der Waals surface area contributed by atoms with Crippen molar-refractivity contribution in [2.75, 3.05) is 7.11 Å². The third kappa shape index (κ3) is 3.48. The zero-order valence-electron chi connectivity index (χ0n) is 15.8. The number of benzene rings is 3. The van der Waals surface area contributed by atoms with E-state index >= 15 is 0 Å². The molecule has 0 unspecified atom stereocenters. The van der Waals surface area contributed by atoms with Crippen molar-refractivity contribution in [2.45, 2.75) is 0 Å². The molecular formula is C23H16FNO5. The Morgan fingerprint density at radius 3 is 2.43 bits per heavy atom. The number of H-pyrrole nitrogens is 1. The molecule has 1 aromatic heterocycles. The topological polar surface area (TPSA) is 88.6 Å². The van der Waals surface area contributed by atoms with Gasteiger partial charge in [0.2, 0.25) is 5.43 Å². The van der Waals surface area contributed by atoms with Gasteiger partial charge in [-0.25, -0.2) is 9.18 Å². The van der Waals surface area contributed by atoms with E-state index in [1.54, 1.807) is 36.4 Å². The molecule has 0 saturated heterocycles. The fraction of sp³-hybridized carbons (Fsp3) is 0.0435. The number of hydrogen-bond acceptors (Lipinski definition) is 4. The number of nitrogens with one attached hydrogen (secondary N) is 1. The van der Waals surface area contributed by atoms with E-state index in [2.05, 4.69) is 4.98 Å². The molecule has 0 amide bonds. The highest BCUT2D eigenvalue weighted by Gasteiger charge is 2.21. The summed E-state index contributed by atoms with van der Waals surface area (Å²) in [6.45, 7) is 0. The molecule has 0 bridgehead atoms. The molecular weight excluding hydrogens is 389 g/mol. The van der Waals surface area contributed by atoms with Crippen molar-refractivity contribution in [1.82, 2.24) is 4.98 Å². The molecule has 4 rings (SSSR count). The lowest BCUT2D eigenvalue weighted by atomic mass is 10.0. The number of halogens is 1. The second kappa shape index (κ2) is 7.71. The lowest BCUT2D eigenvalue weighted by molar-refractivity contribution is 0.0696. The van der Waals surface area contributed by atoms with Crippen molar-refractivity contribution in [2.24, 2.45) is 0 Å². The van der Waals surface area contributed by atoms with Gasteiger partial charge in [0.05, 0.1) is 18.3 Å². The van der Waals surface area contributed by atoms with Gasteiger partial charge in [-0.05, 0) is 30.3 Å². The fourth-order valence-electron chi connectivity index (χ4n) is 3.21. The summed E-state index contributed by atoms with van der Waals surface area (Å²) in [5.74, 6) is -1.15. The predicted molar refractivity (Wildman–Crippen MR) is 110 cm³/mol. The van der Waals surface area contributed by atoms with Gasteiger partial charge in [0.25, 0.3) is 0 Å². The van der Waals surface area contributed by atoms with Crippen molar-refractivity contribution in [3.8, 4) is 28.5 Å². The Balaban J connectivity index is 1.90. The minimum absolute atomic E-state index is 0.0617. The quantitative estimate of drug-likeness (QED) is 0.496. The smallest absolute Gasteiger partial charge is 0.341 e. The lowest BCUT2D eigenvalue weighted by Gasteiger charge is -2.12. The van der Waals surface area contributed by atoms with Crippen LogP contribution in [0.1, 0.15) is 10.4 Å². The molecule has 2 N–H and O–H groups in total. The van der Waals surface area contributed by atoms with E-state index in [1.807, 2.05) is 18.2 Å². The van der Waals surface area contributed by atoms with Crippen LogP contribution in [-0.2, 0) is 0 Å². The van der Waals surface area contributed by atoms with Crippen molar-refractivity contribution < 1.29 is 23.8 Å². The van der Waals surface area contributed by atoms with Gasteiger partial charge in [0.1, 0.15) is 17.1 Å². The minimum atomic E-state index is -1.42. The molecule has 0 aliphatic heterocycles. The van der Waals surface area contributed by atoms with E-state index in [-0.39, 0.29) is 22.3 Å². The molecule has 4 aromatic rings. The van der Waals surface area contributed by atoms with Crippen LogP contribution in [0.3, 0.4) is 0 Å². The van der Waals surface area contributed by atoms with Crippen LogP contribution in [0.2, 0.25) is 0 Å². The van der Waals surface area contributed by atoms with Crippen LogP contribution in [0.4, 0.5) is 4.39 Å². The van der Waals surface area contributed by atoms with Crippen LogP contribution in [0.25, 0.3) is 22.2 Å². The predicted octanol–water partition coefficient (Wildman–Crippen LogP) is 4.83. The molecule has 0 spiro atoms. The number of aromatic amines is 1. The Morgan fingerprint density at radius 1 is 1.00 bits per heavy atom. The Morgan fingerprint density at radius 2 is 1.73 bits per heavy atom. The van der Waals surface area contributed by atoms with Gasteiger partial charge >= 0.3 is 5.97 Å². The summed E-state index contributed by atoms with van der Waals surface area (Å²) in [7, 11) is 1.30. The number of carboxylic acids is 1. The first kappa shape index (κ1) is 19.2. The van der Waals surface area contributed by atoms with E-state index in [9.17, 15) is 19.1 Å². The first-order valence-corrected chi connectivity index (χ1v) is 8.98. The van der Waals surface area contributed by atoms with Crippen molar-refractivity contribution in [3.63, 3.8) is 0 Å². The number of pyridine rings is 1. The third-order valence-corrected chi connectivity index (χ3v) is 4.59. The summed E-state index contributed by atoms with van der Waals surface area (Å²) in [6, 6.07) is 18.1. The fourth-order valence-corrected chi connectivity index (χ4v) is 3.21. The molecule has 3 aromatic carbocycles. The lowest BCUT2D eigenvalue weighted by Crippen LogP contribution is -2.18. The van der Waals surface area contributed by atoms with Gasteiger partial charge in [-0.15, -0.1) is 0 Å². The van der Waals surface area contributed by atoms with Gasteiger partial charge < -0.3 is 19.6 Å². The number of methoxy groups -OCH3 is 1. The molecule has 0 aliphatic rings. The number of carbonyl (C=O) groups is 1. The second-order valence-electron chi connectivity index (χ2n) is 6.48. The Labute approximate surface area is 170 Å². The average Bonchev–Trinajstić information content (AvgIpc) is 2.74. The normalized spacial score (nSPS) is 10.7. The number of carboxylic acid groups (broad SMARTS) is 1. The van der Waals surface area contributed by atoms with E-state index in [0.717, 1.165) is 6.07 Å². The standard InChI is InChI=1S/C23H16FNO5/c1-29-19-12-18-16(11-17(19)24)22(26)20(23(27)28)21(25-18)13-6-5-9-15(10-13)30-14-7-3-2-4-8-14/h2-12H,1H3,(H,25,26)(H,27,28). The number of fused-ring (bicyclic) bond motifs is 1. The van der Waals surface area contributed by atoms with E-state index in [0.29, 0.717) is 17.1 Å². The molecule has 0 fully saturated rings. The second-order valence-corrected chi connectivity index (χ2v) is 6.48. The van der Waals surface area contributed by atoms with Gasteiger partial charge in [0, 0.05) is 17.0 Å². The first-order valence-electron chi connectivity index (χ1n) is 8.98. The first-order chi connectivity index (χ1) is 14.5. The molecule has 0 atom stereocenters. The summed E-state index contributed by atoms with van der Waals surface area (Å²) >= 11 is 0. The number of hydrogen-bond donors (Lipinski definition) is 2. The maximum atomic E-state index is 14.1. The number of aromatic nitrogens is 1. The monoisotopic (exact) mass is 405 g/mol. The van der Waals surface area contributed by atoms with Crippen LogP contribution in [0.5, 0.6) is 17.2 Å². The van der Waals surface area contributed by atoms with E-state index < -0.39 is 22.8 Å². The van der Waals surface area contributed by atoms with E-state index in [1.165, 1.54) is 13.2 Å². The SMILES string of the molecule is COc1cc2[nH]c(-c3cccc(Oc4ccccc4)c3)c(C(=O)O)c(=O)c2cc1F. The zero-order chi connectivity index (χ0) is 21.3. The molecule has 30 heavy (non-hydrogen) atoms. The van der Waals surface area contributed by atoms with Gasteiger partial charge in [-0.3, -0.25) is 4.79 Å². The molecule has 7 heteroatoms. The highest BCUT2D eigenvalue weighted by atomic mass is 19.1. The highest BCUT2D eigenvalue weighted by Crippen LogP contribution is 2.30. The van der Waals surface area contributed by atoms with Gasteiger partial charge in [-0.1, -0.05) is 30.3 Å². The highest BCUT2D eigenvalue weighted by molar-refractivity contribution is 5.99. The molecule has 0 aliphatic carbocycles. The van der Waals surface area contributed by atoms with Gasteiger partial charge in [-0.2, -0.15) is 0 Å². The third-order valence-electron chi connectivity index (χ3n) is 4.59. The van der Waals surface area contributed by atoms with Crippen molar-refractivity contribution in [3.05, 3.63) is 88.3 Å². The maximum Gasteiger partial charge on any atom is 0.341 e. The van der Waals surface area contributed by atoms with Crippen LogP contribution < -0.4 is 14.9 Å². The summed E-state index contributed by atoms with van der Waals surface area (Å²) in [4.78, 5) is 27.7. The zero-order valence-corrected chi connectivity index (χ0v) is 15.8. The number of ether oxygens (including phenoxy) is 2. The molecule has 150 valence electrons. The van der Waals surface area contributed by atoms with Gasteiger partial charge in [0.15, 0.2) is 11.6 Å².